The molecule has 0 heterocycles. The van der Waals surface area contributed by atoms with Crippen LogP contribution in [-0.4, -0.2) is 22.8 Å². The van der Waals surface area contributed by atoms with E-state index in [1.54, 1.807) is 0 Å². The smallest absolute Gasteiger partial charge is 0.341 e. The summed E-state index contributed by atoms with van der Waals surface area (Å²) >= 11 is 0. The van der Waals surface area contributed by atoms with Crippen LogP contribution in [0.2, 0.25) is 0 Å². The predicted molar refractivity (Wildman–Crippen MR) is 37.9 cm³/mol. The molecule has 0 amide bonds. The van der Waals surface area contributed by atoms with Gasteiger partial charge in [-0.3, -0.25) is 0 Å². The number of rotatable bonds is 1. The Morgan fingerprint density at radius 1 is 1.55 bits per heavy atom. The van der Waals surface area contributed by atoms with E-state index in [-0.39, 0.29) is 18.9 Å². The molecule has 64 valence electrons. The lowest BCUT2D eigenvalue weighted by molar-refractivity contribution is -0.153. The van der Waals surface area contributed by atoms with E-state index in [4.69, 9.17) is 10.8 Å². The van der Waals surface area contributed by atoms with Gasteiger partial charge in [0.1, 0.15) is 0 Å². The fourth-order valence-corrected chi connectivity index (χ4v) is 1.31. The summed E-state index contributed by atoms with van der Waals surface area (Å²) in [6.07, 6.45) is 1.07. The molecular weight excluding hydrogens is 149 g/mol. The van der Waals surface area contributed by atoms with Crippen LogP contribution in [0.1, 0.15) is 25.7 Å². The summed E-state index contributed by atoms with van der Waals surface area (Å²) in [7, 11) is 0. The number of carbonyl (C=O) groups is 1. The molecule has 0 atom stereocenters. The molecule has 0 radical (unpaired) electrons. The first-order valence-corrected chi connectivity index (χ1v) is 3.72. The van der Waals surface area contributed by atoms with Crippen LogP contribution < -0.4 is 5.73 Å². The first-order valence-electron chi connectivity index (χ1n) is 3.72. The normalized spacial score (nSPS) is 38.5. The third-order valence-electron chi connectivity index (χ3n) is 2.21. The van der Waals surface area contributed by atoms with Crippen molar-refractivity contribution in [3.63, 3.8) is 0 Å². The largest absolute Gasteiger partial charge is 0.479 e. The van der Waals surface area contributed by atoms with Gasteiger partial charge in [-0.2, -0.15) is 0 Å². The number of alkyl halides is 1. The molecule has 3 N–H and O–H groups in total. The van der Waals surface area contributed by atoms with Crippen LogP contribution in [0.15, 0.2) is 0 Å². The number of aliphatic carboxylic acids is 1. The second-order valence-corrected chi connectivity index (χ2v) is 3.11. The highest BCUT2D eigenvalue weighted by Crippen LogP contribution is 2.31. The topological polar surface area (TPSA) is 63.3 Å². The number of carboxylic acid groups (broad SMARTS) is 1. The molecule has 0 aromatic rings. The highest BCUT2D eigenvalue weighted by Gasteiger charge is 2.41. The average molecular weight is 161 g/mol. The molecule has 0 unspecified atom stereocenters. The zero-order valence-corrected chi connectivity index (χ0v) is 6.22. The summed E-state index contributed by atoms with van der Waals surface area (Å²) in [4.78, 5) is 10.4. The van der Waals surface area contributed by atoms with E-state index in [2.05, 4.69) is 0 Å². The third kappa shape index (κ3) is 1.68. The van der Waals surface area contributed by atoms with Gasteiger partial charge in [-0.25, -0.2) is 9.18 Å². The second kappa shape index (κ2) is 2.77. The Morgan fingerprint density at radius 3 is 2.36 bits per heavy atom. The fraction of sp³-hybridized carbons (Fsp3) is 0.857. The number of hydrogen-bond acceptors (Lipinski definition) is 2. The lowest BCUT2D eigenvalue weighted by atomic mass is 9.84. The summed E-state index contributed by atoms with van der Waals surface area (Å²) in [6.45, 7) is 0. The van der Waals surface area contributed by atoms with Crippen LogP contribution in [0, 0.1) is 0 Å². The van der Waals surface area contributed by atoms with E-state index < -0.39 is 11.6 Å². The maximum atomic E-state index is 13.2. The highest BCUT2D eigenvalue weighted by atomic mass is 19.1. The minimum absolute atomic E-state index is 0.0155. The van der Waals surface area contributed by atoms with Crippen molar-refractivity contribution in [2.45, 2.75) is 37.4 Å². The molecule has 0 spiro atoms. The van der Waals surface area contributed by atoms with Crippen molar-refractivity contribution in [1.82, 2.24) is 0 Å². The standard InChI is InChI=1S/C7H12FNO2/c8-7(6(10)11)3-1-5(9)2-4-7/h5H,1-4,9H2,(H,10,11)/t5-,7+. The highest BCUT2D eigenvalue weighted by molar-refractivity contribution is 5.77. The number of halogens is 1. The Balaban J connectivity index is 2.55. The van der Waals surface area contributed by atoms with Crippen LogP contribution in [0.5, 0.6) is 0 Å². The Morgan fingerprint density at radius 2 is 2.00 bits per heavy atom. The average Bonchev–Trinajstić information content (AvgIpc) is 1.95. The van der Waals surface area contributed by atoms with Crippen molar-refractivity contribution < 1.29 is 14.3 Å². The predicted octanol–water partition coefficient (Wildman–Crippen LogP) is 0.681. The van der Waals surface area contributed by atoms with Gasteiger partial charge in [-0.1, -0.05) is 0 Å². The van der Waals surface area contributed by atoms with E-state index in [0.29, 0.717) is 12.8 Å². The summed E-state index contributed by atoms with van der Waals surface area (Å²) in [6, 6.07) is -0.0155. The van der Waals surface area contributed by atoms with Gasteiger partial charge < -0.3 is 10.8 Å². The SMILES string of the molecule is N[C@H]1CC[C@](F)(C(=O)O)CC1. The Labute approximate surface area is 64.4 Å². The zero-order valence-electron chi connectivity index (χ0n) is 6.22. The number of hydrogen-bond donors (Lipinski definition) is 2. The molecule has 0 aromatic heterocycles. The van der Waals surface area contributed by atoms with E-state index in [1.165, 1.54) is 0 Å². The Bertz CT molecular complexity index is 164. The number of carboxylic acids is 1. The zero-order chi connectivity index (χ0) is 8.48. The molecule has 0 saturated heterocycles. The summed E-state index contributed by atoms with van der Waals surface area (Å²) < 4.78 is 13.2. The van der Waals surface area contributed by atoms with Crippen LogP contribution >= 0.6 is 0 Å². The quantitative estimate of drug-likeness (QED) is 0.594. The molecule has 0 aromatic carbocycles. The van der Waals surface area contributed by atoms with Gasteiger partial charge in [0.25, 0.3) is 0 Å². The summed E-state index contributed by atoms with van der Waals surface area (Å²) in [5, 5.41) is 8.47. The molecule has 3 nitrogen and oxygen atoms in total. The first kappa shape index (κ1) is 8.46. The van der Waals surface area contributed by atoms with Crippen molar-refractivity contribution in [3.05, 3.63) is 0 Å². The Kier molecular flexibility index (Phi) is 2.13. The molecule has 1 fully saturated rings. The molecule has 11 heavy (non-hydrogen) atoms. The van der Waals surface area contributed by atoms with E-state index >= 15 is 0 Å². The summed E-state index contributed by atoms with van der Waals surface area (Å²) in [5.41, 5.74) is 3.49. The molecule has 1 saturated carbocycles. The minimum Gasteiger partial charge on any atom is -0.479 e. The second-order valence-electron chi connectivity index (χ2n) is 3.11. The van der Waals surface area contributed by atoms with Crippen molar-refractivity contribution >= 4 is 5.97 Å². The Hall–Kier alpha value is -0.640. The monoisotopic (exact) mass is 161 g/mol. The maximum Gasteiger partial charge on any atom is 0.341 e. The minimum atomic E-state index is -2.00. The van der Waals surface area contributed by atoms with Gasteiger partial charge >= 0.3 is 5.97 Å². The van der Waals surface area contributed by atoms with Crippen LogP contribution in [-0.2, 0) is 4.79 Å². The molecule has 1 rings (SSSR count). The van der Waals surface area contributed by atoms with E-state index in [1.807, 2.05) is 0 Å². The van der Waals surface area contributed by atoms with Gasteiger partial charge in [0.15, 0.2) is 0 Å². The van der Waals surface area contributed by atoms with Crippen molar-refractivity contribution in [1.29, 1.82) is 0 Å². The van der Waals surface area contributed by atoms with Crippen molar-refractivity contribution in [3.8, 4) is 0 Å². The third-order valence-corrected chi connectivity index (χ3v) is 2.21. The lowest BCUT2D eigenvalue weighted by Gasteiger charge is -2.28. The van der Waals surface area contributed by atoms with Gasteiger partial charge in [-0.05, 0) is 25.7 Å². The molecule has 0 aliphatic heterocycles. The van der Waals surface area contributed by atoms with E-state index in [0.717, 1.165) is 0 Å². The molecule has 1 aliphatic rings. The van der Waals surface area contributed by atoms with Gasteiger partial charge in [0.05, 0.1) is 0 Å². The lowest BCUT2D eigenvalue weighted by Crippen LogP contribution is -2.41. The molecule has 4 heteroatoms. The van der Waals surface area contributed by atoms with Crippen LogP contribution in [0.4, 0.5) is 4.39 Å². The molecular formula is C7H12FNO2. The van der Waals surface area contributed by atoms with Crippen LogP contribution in [0.3, 0.4) is 0 Å². The number of nitrogens with two attached hydrogens (primary N) is 1. The van der Waals surface area contributed by atoms with Crippen LogP contribution in [0.25, 0.3) is 0 Å². The van der Waals surface area contributed by atoms with Crippen molar-refractivity contribution in [2.24, 2.45) is 5.73 Å². The summed E-state index contributed by atoms with van der Waals surface area (Å²) in [5.74, 6) is -1.34. The van der Waals surface area contributed by atoms with E-state index in [9.17, 15) is 9.18 Å². The molecule has 1 aliphatic carbocycles. The van der Waals surface area contributed by atoms with Gasteiger partial charge in [0.2, 0.25) is 5.67 Å². The maximum absolute atomic E-state index is 13.2. The fourth-order valence-electron chi connectivity index (χ4n) is 1.31. The van der Waals surface area contributed by atoms with Crippen molar-refractivity contribution in [2.75, 3.05) is 0 Å². The first-order chi connectivity index (χ1) is 5.04. The molecule has 0 bridgehead atoms. The van der Waals surface area contributed by atoms with Gasteiger partial charge in [0, 0.05) is 6.04 Å². The van der Waals surface area contributed by atoms with Gasteiger partial charge in [-0.15, -0.1) is 0 Å².